The molecule has 3 rings (SSSR count). The lowest BCUT2D eigenvalue weighted by atomic mass is 10.1. The number of methoxy groups -OCH3 is 1. The number of hydrogen-bond acceptors (Lipinski definition) is 4. The Morgan fingerprint density at radius 1 is 1.23 bits per heavy atom. The van der Waals surface area contributed by atoms with Gasteiger partial charge in [-0.15, -0.1) is 11.8 Å². The zero-order chi connectivity index (χ0) is 18.7. The number of benzene rings is 2. The number of thioether (sulfide) groups is 1. The van der Waals surface area contributed by atoms with Gasteiger partial charge in [0.05, 0.1) is 18.0 Å². The summed E-state index contributed by atoms with van der Waals surface area (Å²) in [4.78, 5) is 27.6. The molecule has 1 atom stereocenters. The van der Waals surface area contributed by atoms with Gasteiger partial charge in [0.1, 0.15) is 5.75 Å². The van der Waals surface area contributed by atoms with E-state index in [1.807, 2.05) is 50.2 Å². The fourth-order valence-electron chi connectivity index (χ4n) is 2.80. The Morgan fingerprint density at radius 3 is 2.62 bits per heavy atom. The molecule has 1 aliphatic heterocycles. The predicted molar refractivity (Wildman–Crippen MR) is 104 cm³/mol. The fraction of sp³-hybridized carbons (Fsp3) is 0.300. The van der Waals surface area contributed by atoms with Gasteiger partial charge < -0.3 is 15.0 Å². The van der Waals surface area contributed by atoms with E-state index in [0.717, 1.165) is 16.2 Å². The molecule has 1 heterocycles. The molecule has 0 aliphatic carbocycles. The van der Waals surface area contributed by atoms with Gasteiger partial charge in [-0.3, -0.25) is 9.59 Å². The molecule has 0 aromatic heterocycles. The van der Waals surface area contributed by atoms with Crippen LogP contribution in [-0.4, -0.2) is 35.6 Å². The summed E-state index contributed by atoms with van der Waals surface area (Å²) in [6, 6.07) is 13.2. The van der Waals surface area contributed by atoms with Crippen LogP contribution >= 0.6 is 11.8 Å². The molecule has 2 aromatic rings. The summed E-state index contributed by atoms with van der Waals surface area (Å²) >= 11 is 1.51. The van der Waals surface area contributed by atoms with Gasteiger partial charge in [-0.2, -0.15) is 0 Å². The van der Waals surface area contributed by atoms with Crippen molar-refractivity contribution in [1.82, 2.24) is 4.90 Å². The molecule has 2 amide bonds. The smallest absolute Gasteiger partial charge is 0.254 e. The number of anilines is 1. The Hall–Kier alpha value is -2.47. The first-order valence-electron chi connectivity index (χ1n) is 8.55. The lowest BCUT2D eigenvalue weighted by Crippen LogP contribution is -2.31. The molecule has 1 N–H and O–H groups in total. The van der Waals surface area contributed by atoms with Crippen LogP contribution in [0.3, 0.4) is 0 Å². The van der Waals surface area contributed by atoms with Crippen molar-refractivity contribution in [1.29, 1.82) is 0 Å². The molecular formula is C20H22N2O3S. The van der Waals surface area contributed by atoms with Crippen molar-refractivity contribution < 1.29 is 14.3 Å². The molecule has 0 spiro atoms. The topological polar surface area (TPSA) is 58.6 Å². The molecule has 5 nitrogen and oxygen atoms in total. The molecule has 26 heavy (non-hydrogen) atoms. The number of rotatable bonds is 5. The SMILES string of the molecule is CCN(Cc1ccc(OC)cc1)C(=O)c1ccc2c(c1)NC(=O)C(C)S2. The zero-order valence-corrected chi connectivity index (χ0v) is 15.9. The molecule has 0 bridgehead atoms. The van der Waals surface area contributed by atoms with Crippen molar-refractivity contribution in [2.45, 2.75) is 30.5 Å². The average Bonchev–Trinajstić information content (AvgIpc) is 2.66. The molecule has 0 fully saturated rings. The van der Waals surface area contributed by atoms with Gasteiger partial charge in [-0.05, 0) is 49.7 Å². The number of nitrogens with zero attached hydrogens (tertiary/aromatic N) is 1. The zero-order valence-electron chi connectivity index (χ0n) is 15.1. The first-order chi connectivity index (χ1) is 12.5. The number of fused-ring (bicyclic) bond motifs is 1. The van der Waals surface area contributed by atoms with E-state index >= 15 is 0 Å². The number of carbonyl (C=O) groups excluding carboxylic acids is 2. The Morgan fingerprint density at radius 2 is 1.96 bits per heavy atom. The normalized spacial score (nSPS) is 15.8. The molecule has 2 aromatic carbocycles. The standard InChI is InChI=1S/C20H22N2O3S/c1-4-22(12-14-5-8-16(25-3)9-6-14)20(24)15-7-10-18-17(11-15)21-19(23)13(2)26-18/h5-11,13H,4,12H2,1-3H3,(H,21,23). The van der Waals surface area contributed by atoms with Crippen LogP contribution in [0.15, 0.2) is 47.4 Å². The minimum atomic E-state index is -0.119. The quantitative estimate of drug-likeness (QED) is 0.870. The van der Waals surface area contributed by atoms with Gasteiger partial charge in [0.15, 0.2) is 0 Å². The highest BCUT2D eigenvalue weighted by Crippen LogP contribution is 2.36. The minimum Gasteiger partial charge on any atom is -0.497 e. The Kier molecular flexibility index (Phi) is 5.52. The van der Waals surface area contributed by atoms with Crippen LogP contribution in [0.4, 0.5) is 5.69 Å². The van der Waals surface area contributed by atoms with Crippen LogP contribution in [-0.2, 0) is 11.3 Å². The molecule has 0 saturated heterocycles. The van der Waals surface area contributed by atoms with E-state index < -0.39 is 0 Å². The summed E-state index contributed by atoms with van der Waals surface area (Å²) in [5.74, 6) is 0.710. The van der Waals surface area contributed by atoms with Crippen molar-refractivity contribution in [3.8, 4) is 5.75 Å². The van der Waals surface area contributed by atoms with E-state index in [4.69, 9.17) is 4.74 Å². The third-order valence-electron chi connectivity index (χ3n) is 4.36. The molecule has 1 unspecified atom stereocenters. The van der Waals surface area contributed by atoms with Crippen LogP contribution in [0, 0.1) is 0 Å². The Labute approximate surface area is 157 Å². The summed E-state index contributed by atoms with van der Waals surface area (Å²) < 4.78 is 5.17. The first-order valence-corrected chi connectivity index (χ1v) is 9.43. The van der Waals surface area contributed by atoms with Gasteiger partial charge in [-0.1, -0.05) is 12.1 Å². The number of carbonyl (C=O) groups is 2. The molecule has 136 valence electrons. The summed E-state index contributed by atoms with van der Waals surface area (Å²) in [6.45, 7) is 4.95. The van der Waals surface area contributed by atoms with Gasteiger partial charge in [0.2, 0.25) is 5.91 Å². The van der Waals surface area contributed by atoms with Crippen LogP contribution in [0.25, 0.3) is 0 Å². The third-order valence-corrected chi connectivity index (χ3v) is 5.54. The molecular weight excluding hydrogens is 348 g/mol. The maximum atomic E-state index is 12.9. The molecule has 1 aliphatic rings. The van der Waals surface area contributed by atoms with E-state index in [2.05, 4.69) is 5.32 Å². The first kappa shape index (κ1) is 18.3. The summed E-state index contributed by atoms with van der Waals surface area (Å²) in [6.07, 6.45) is 0. The number of hydrogen-bond donors (Lipinski definition) is 1. The van der Waals surface area contributed by atoms with Crippen molar-refractivity contribution >= 4 is 29.3 Å². The lowest BCUT2D eigenvalue weighted by molar-refractivity contribution is -0.115. The number of ether oxygens (including phenoxy) is 1. The van der Waals surface area contributed by atoms with Crippen molar-refractivity contribution in [3.63, 3.8) is 0 Å². The Balaban J connectivity index is 1.78. The minimum absolute atomic E-state index is 0.0299. The van der Waals surface area contributed by atoms with Crippen LogP contribution in [0.1, 0.15) is 29.8 Å². The second-order valence-corrected chi connectivity index (χ2v) is 7.51. The maximum absolute atomic E-state index is 12.9. The second-order valence-electron chi connectivity index (χ2n) is 6.13. The highest BCUT2D eigenvalue weighted by atomic mass is 32.2. The largest absolute Gasteiger partial charge is 0.497 e. The second kappa shape index (κ2) is 7.83. The van der Waals surface area contributed by atoms with Gasteiger partial charge in [-0.25, -0.2) is 0 Å². The van der Waals surface area contributed by atoms with E-state index in [0.29, 0.717) is 24.3 Å². The average molecular weight is 370 g/mol. The van der Waals surface area contributed by atoms with E-state index in [1.165, 1.54) is 11.8 Å². The monoisotopic (exact) mass is 370 g/mol. The predicted octanol–water partition coefficient (Wildman–Crippen LogP) is 3.79. The van der Waals surface area contributed by atoms with Crippen LogP contribution < -0.4 is 10.1 Å². The fourth-order valence-corrected chi connectivity index (χ4v) is 3.73. The van der Waals surface area contributed by atoms with Crippen molar-refractivity contribution in [2.75, 3.05) is 19.0 Å². The van der Waals surface area contributed by atoms with E-state index in [-0.39, 0.29) is 17.1 Å². The van der Waals surface area contributed by atoms with Gasteiger partial charge in [0.25, 0.3) is 5.91 Å². The van der Waals surface area contributed by atoms with Crippen molar-refractivity contribution in [2.24, 2.45) is 0 Å². The van der Waals surface area contributed by atoms with Gasteiger partial charge >= 0.3 is 0 Å². The highest BCUT2D eigenvalue weighted by molar-refractivity contribution is 8.00. The van der Waals surface area contributed by atoms with E-state index in [1.54, 1.807) is 18.1 Å². The number of amides is 2. The lowest BCUT2D eigenvalue weighted by Gasteiger charge is -2.24. The third kappa shape index (κ3) is 3.85. The summed E-state index contributed by atoms with van der Waals surface area (Å²) in [5, 5.41) is 2.76. The molecule has 0 radical (unpaired) electrons. The molecule has 6 heteroatoms. The Bertz CT molecular complexity index is 820. The van der Waals surface area contributed by atoms with E-state index in [9.17, 15) is 9.59 Å². The van der Waals surface area contributed by atoms with Crippen LogP contribution in [0.5, 0.6) is 5.75 Å². The highest BCUT2D eigenvalue weighted by Gasteiger charge is 2.24. The van der Waals surface area contributed by atoms with Gasteiger partial charge in [0, 0.05) is 23.5 Å². The van der Waals surface area contributed by atoms with Crippen LogP contribution in [0.2, 0.25) is 0 Å². The summed E-state index contributed by atoms with van der Waals surface area (Å²) in [5.41, 5.74) is 2.33. The number of nitrogens with one attached hydrogen (secondary N) is 1. The molecule has 0 saturated carbocycles. The van der Waals surface area contributed by atoms with Crippen molar-refractivity contribution in [3.05, 3.63) is 53.6 Å². The maximum Gasteiger partial charge on any atom is 0.254 e. The summed E-state index contributed by atoms with van der Waals surface area (Å²) in [7, 11) is 1.63.